The summed E-state index contributed by atoms with van der Waals surface area (Å²) in [5.41, 5.74) is 5.94. The van der Waals surface area contributed by atoms with E-state index in [1.807, 2.05) is 5.38 Å². The minimum absolute atomic E-state index is 0.662. The maximum Gasteiger partial charge on any atom is 0.0516 e. The Balaban J connectivity index is 2.02. The number of rotatable bonds is 5. The Morgan fingerprint density at radius 2 is 2.22 bits per heavy atom. The van der Waals surface area contributed by atoms with E-state index in [1.54, 1.807) is 11.3 Å². The van der Waals surface area contributed by atoms with Crippen molar-refractivity contribution in [2.45, 2.75) is 45.2 Å². The minimum atomic E-state index is 0.662. The van der Waals surface area contributed by atoms with Gasteiger partial charge in [-0.3, -0.25) is 4.90 Å². The number of nitrogens with two attached hydrogens (primary N) is 1. The molecule has 18 heavy (non-hydrogen) atoms. The third kappa shape index (κ3) is 3.47. The fraction of sp³-hybridized carbons (Fsp3) is 0.714. The van der Waals surface area contributed by atoms with Crippen LogP contribution in [0.4, 0.5) is 0 Å². The molecule has 1 aromatic rings. The first kappa shape index (κ1) is 14.3. The predicted octanol–water partition coefficient (Wildman–Crippen LogP) is 3.74. The van der Waals surface area contributed by atoms with Gasteiger partial charge in [-0.15, -0.1) is 11.3 Å². The highest BCUT2D eigenvalue weighted by atomic mass is 35.5. The van der Waals surface area contributed by atoms with Crippen molar-refractivity contribution in [3.05, 3.63) is 21.3 Å². The smallest absolute Gasteiger partial charge is 0.0516 e. The zero-order chi connectivity index (χ0) is 13.0. The summed E-state index contributed by atoms with van der Waals surface area (Å²) in [5, 5.41) is 2.89. The molecule has 0 bridgehead atoms. The molecule has 1 aliphatic carbocycles. The highest BCUT2D eigenvalue weighted by molar-refractivity contribution is 7.10. The van der Waals surface area contributed by atoms with Crippen LogP contribution in [0.15, 0.2) is 11.4 Å². The highest BCUT2D eigenvalue weighted by Gasteiger charge is 2.28. The summed E-state index contributed by atoms with van der Waals surface area (Å²) in [4.78, 5) is 3.95. The van der Waals surface area contributed by atoms with Crippen LogP contribution in [0.25, 0.3) is 0 Å². The molecule has 2 N–H and O–H groups in total. The fourth-order valence-corrected chi connectivity index (χ4v) is 4.14. The maximum absolute atomic E-state index is 6.00. The zero-order valence-electron chi connectivity index (χ0n) is 11.1. The second-order valence-electron chi connectivity index (χ2n) is 5.14. The largest absolute Gasteiger partial charge is 0.330 e. The first-order valence-electron chi connectivity index (χ1n) is 6.91. The van der Waals surface area contributed by atoms with E-state index in [-0.39, 0.29) is 0 Å². The van der Waals surface area contributed by atoms with E-state index >= 15 is 0 Å². The summed E-state index contributed by atoms with van der Waals surface area (Å²) in [7, 11) is 0. The van der Waals surface area contributed by atoms with Gasteiger partial charge in [-0.05, 0) is 37.9 Å². The molecule has 0 aliphatic heterocycles. The monoisotopic (exact) mass is 286 g/mol. The van der Waals surface area contributed by atoms with E-state index in [4.69, 9.17) is 17.3 Å². The molecule has 0 radical (unpaired) electrons. The van der Waals surface area contributed by atoms with E-state index in [2.05, 4.69) is 17.9 Å². The van der Waals surface area contributed by atoms with Crippen molar-refractivity contribution in [2.75, 3.05) is 13.1 Å². The first-order valence-corrected chi connectivity index (χ1v) is 8.17. The van der Waals surface area contributed by atoms with Crippen LogP contribution in [-0.4, -0.2) is 24.0 Å². The molecule has 1 aromatic heterocycles. The lowest BCUT2D eigenvalue weighted by Gasteiger charge is -2.39. The Labute approximate surface area is 119 Å². The standard InChI is InChI=1S/C14H23ClN2S/c1-2-17(9-13-7-12(15)10-18-13)14-6-4-3-5-11(14)8-16/h7,10-11,14H,2-6,8-9,16H2,1H3. The van der Waals surface area contributed by atoms with Gasteiger partial charge >= 0.3 is 0 Å². The third-order valence-electron chi connectivity index (χ3n) is 4.03. The van der Waals surface area contributed by atoms with Crippen LogP contribution in [0.1, 0.15) is 37.5 Å². The number of halogens is 1. The quantitative estimate of drug-likeness (QED) is 0.893. The molecule has 1 saturated carbocycles. The molecule has 102 valence electrons. The predicted molar refractivity (Wildman–Crippen MR) is 80.2 cm³/mol. The fourth-order valence-electron chi connectivity index (χ4n) is 3.04. The lowest BCUT2D eigenvalue weighted by Crippen LogP contribution is -2.44. The molecule has 1 aliphatic rings. The van der Waals surface area contributed by atoms with Crippen LogP contribution < -0.4 is 5.73 Å². The summed E-state index contributed by atoms with van der Waals surface area (Å²) >= 11 is 7.76. The van der Waals surface area contributed by atoms with Crippen molar-refractivity contribution < 1.29 is 0 Å². The number of thiophene rings is 1. The van der Waals surface area contributed by atoms with Crippen molar-refractivity contribution in [1.82, 2.24) is 4.90 Å². The topological polar surface area (TPSA) is 29.3 Å². The molecule has 4 heteroatoms. The Morgan fingerprint density at radius 3 is 2.83 bits per heavy atom. The molecule has 0 amide bonds. The van der Waals surface area contributed by atoms with Crippen LogP contribution >= 0.6 is 22.9 Å². The van der Waals surface area contributed by atoms with Gasteiger partial charge in [-0.1, -0.05) is 31.4 Å². The Morgan fingerprint density at radius 1 is 1.44 bits per heavy atom. The van der Waals surface area contributed by atoms with E-state index < -0.39 is 0 Å². The van der Waals surface area contributed by atoms with Crippen molar-refractivity contribution in [1.29, 1.82) is 0 Å². The number of hydrogen-bond acceptors (Lipinski definition) is 3. The average molecular weight is 287 g/mol. The lowest BCUT2D eigenvalue weighted by atomic mass is 9.83. The molecule has 1 fully saturated rings. The summed E-state index contributed by atoms with van der Waals surface area (Å²) in [5.74, 6) is 0.675. The first-order chi connectivity index (χ1) is 8.74. The van der Waals surface area contributed by atoms with Crippen LogP contribution in [0.2, 0.25) is 5.02 Å². The maximum atomic E-state index is 6.00. The van der Waals surface area contributed by atoms with Gasteiger partial charge in [0.2, 0.25) is 0 Å². The second-order valence-corrected chi connectivity index (χ2v) is 6.57. The Hall–Kier alpha value is -0.0900. The van der Waals surface area contributed by atoms with Gasteiger partial charge in [0, 0.05) is 22.8 Å². The van der Waals surface area contributed by atoms with E-state index in [0.29, 0.717) is 12.0 Å². The summed E-state index contributed by atoms with van der Waals surface area (Å²) < 4.78 is 0. The van der Waals surface area contributed by atoms with Gasteiger partial charge in [0.15, 0.2) is 0 Å². The van der Waals surface area contributed by atoms with Crippen molar-refractivity contribution in [3.63, 3.8) is 0 Å². The Kier molecular flexibility index (Phi) is 5.49. The van der Waals surface area contributed by atoms with Crippen LogP contribution in [-0.2, 0) is 6.54 Å². The van der Waals surface area contributed by atoms with Gasteiger partial charge < -0.3 is 5.73 Å². The van der Waals surface area contributed by atoms with Crippen molar-refractivity contribution in [2.24, 2.45) is 11.7 Å². The number of hydrogen-bond donors (Lipinski definition) is 1. The molecule has 0 aromatic carbocycles. The Bertz CT molecular complexity index is 366. The van der Waals surface area contributed by atoms with Crippen molar-refractivity contribution in [3.8, 4) is 0 Å². The van der Waals surface area contributed by atoms with Gasteiger partial charge in [0.05, 0.1) is 5.02 Å². The summed E-state index contributed by atoms with van der Waals surface area (Å²) in [6.45, 7) is 5.19. The number of nitrogens with zero attached hydrogens (tertiary/aromatic N) is 1. The molecular formula is C14H23ClN2S. The molecule has 2 atom stereocenters. The molecular weight excluding hydrogens is 264 g/mol. The molecule has 2 rings (SSSR count). The second kappa shape index (κ2) is 6.90. The average Bonchev–Trinajstić information content (AvgIpc) is 2.81. The van der Waals surface area contributed by atoms with Crippen LogP contribution in [0, 0.1) is 5.92 Å². The normalized spacial score (nSPS) is 24.7. The van der Waals surface area contributed by atoms with Gasteiger partial charge in [-0.2, -0.15) is 0 Å². The molecule has 2 unspecified atom stereocenters. The van der Waals surface area contributed by atoms with Gasteiger partial charge in [0.1, 0.15) is 0 Å². The van der Waals surface area contributed by atoms with E-state index in [1.165, 1.54) is 30.6 Å². The van der Waals surface area contributed by atoms with E-state index in [9.17, 15) is 0 Å². The van der Waals surface area contributed by atoms with Crippen LogP contribution in [0.5, 0.6) is 0 Å². The van der Waals surface area contributed by atoms with Crippen LogP contribution in [0.3, 0.4) is 0 Å². The van der Waals surface area contributed by atoms with Gasteiger partial charge in [0.25, 0.3) is 0 Å². The molecule has 2 nitrogen and oxygen atoms in total. The molecule has 1 heterocycles. The minimum Gasteiger partial charge on any atom is -0.330 e. The third-order valence-corrected chi connectivity index (χ3v) is 5.30. The highest BCUT2D eigenvalue weighted by Crippen LogP contribution is 2.30. The summed E-state index contributed by atoms with van der Waals surface area (Å²) in [6.07, 6.45) is 5.29. The van der Waals surface area contributed by atoms with Crippen molar-refractivity contribution >= 4 is 22.9 Å². The molecule has 0 saturated heterocycles. The zero-order valence-corrected chi connectivity index (χ0v) is 12.6. The molecule has 0 spiro atoms. The SMILES string of the molecule is CCN(Cc1cc(Cl)cs1)C1CCCCC1CN. The van der Waals surface area contributed by atoms with Gasteiger partial charge in [-0.25, -0.2) is 0 Å². The summed E-state index contributed by atoms with van der Waals surface area (Å²) in [6, 6.07) is 2.75. The van der Waals surface area contributed by atoms with E-state index in [0.717, 1.165) is 24.7 Å². The lowest BCUT2D eigenvalue weighted by molar-refractivity contribution is 0.106.